The van der Waals surface area contributed by atoms with Gasteiger partial charge in [0.25, 0.3) is 0 Å². The SMILES string of the molecule is CC(C)(C)CCN1CCCCC1CBr. The molecule has 1 saturated heterocycles. The number of hydrogen-bond donors (Lipinski definition) is 0. The van der Waals surface area contributed by atoms with Crippen molar-refractivity contribution >= 4 is 15.9 Å². The van der Waals surface area contributed by atoms with Gasteiger partial charge in [-0.2, -0.15) is 0 Å². The summed E-state index contributed by atoms with van der Waals surface area (Å²) in [4.78, 5) is 2.67. The zero-order chi connectivity index (χ0) is 10.6. The fraction of sp³-hybridized carbons (Fsp3) is 1.00. The quantitative estimate of drug-likeness (QED) is 0.701. The predicted molar refractivity (Wildman–Crippen MR) is 67.1 cm³/mol. The maximum Gasteiger partial charge on any atom is 0.0192 e. The van der Waals surface area contributed by atoms with Gasteiger partial charge in [-0.15, -0.1) is 0 Å². The molecule has 0 aromatic rings. The van der Waals surface area contributed by atoms with Crippen molar-refractivity contribution in [2.24, 2.45) is 5.41 Å². The summed E-state index contributed by atoms with van der Waals surface area (Å²) in [5, 5.41) is 1.15. The monoisotopic (exact) mass is 261 g/mol. The van der Waals surface area contributed by atoms with Crippen LogP contribution >= 0.6 is 15.9 Å². The lowest BCUT2D eigenvalue weighted by atomic mass is 9.91. The van der Waals surface area contributed by atoms with Crippen LogP contribution in [-0.2, 0) is 0 Å². The average Bonchev–Trinajstić information content (AvgIpc) is 2.14. The van der Waals surface area contributed by atoms with E-state index in [1.165, 1.54) is 38.8 Å². The lowest BCUT2D eigenvalue weighted by molar-refractivity contribution is 0.144. The first-order valence-electron chi connectivity index (χ1n) is 5.83. The second-order valence-electron chi connectivity index (χ2n) is 5.65. The molecule has 1 fully saturated rings. The van der Waals surface area contributed by atoms with Gasteiger partial charge in [-0.05, 0) is 37.8 Å². The molecule has 0 radical (unpaired) electrons. The molecule has 0 N–H and O–H groups in total. The van der Waals surface area contributed by atoms with Gasteiger partial charge in [-0.1, -0.05) is 43.1 Å². The van der Waals surface area contributed by atoms with E-state index >= 15 is 0 Å². The van der Waals surface area contributed by atoms with Crippen molar-refractivity contribution in [1.82, 2.24) is 4.90 Å². The minimum atomic E-state index is 0.480. The van der Waals surface area contributed by atoms with Crippen LogP contribution in [0.2, 0.25) is 0 Å². The summed E-state index contributed by atoms with van der Waals surface area (Å²) in [5.41, 5.74) is 0.480. The third-order valence-electron chi connectivity index (χ3n) is 3.08. The molecule has 1 atom stereocenters. The highest BCUT2D eigenvalue weighted by molar-refractivity contribution is 9.09. The summed E-state index contributed by atoms with van der Waals surface area (Å²) in [5.74, 6) is 0. The topological polar surface area (TPSA) is 3.24 Å². The Kier molecular flexibility index (Phi) is 4.92. The number of alkyl halides is 1. The van der Waals surface area contributed by atoms with Gasteiger partial charge in [0.05, 0.1) is 0 Å². The molecule has 1 unspecified atom stereocenters. The van der Waals surface area contributed by atoms with Crippen LogP contribution in [0, 0.1) is 5.41 Å². The molecule has 0 aromatic carbocycles. The van der Waals surface area contributed by atoms with Gasteiger partial charge in [-0.3, -0.25) is 4.90 Å². The van der Waals surface area contributed by atoms with Gasteiger partial charge in [0, 0.05) is 11.4 Å². The highest BCUT2D eigenvalue weighted by atomic mass is 79.9. The molecule has 0 bridgehead atoms. The van der Waals surface area contributed by atoms with Gasteiger partial charge in [0.2, 0.25) is 0 Å². The first-order chi connectivity index (χ1) is 6.53. The Morgan fingerprint density at radius 3 is 2.57 bits per heavy atom. The molecule has 1 nitrogen and oxygen atoms in total. The molecule has 0 aromatic heterocycles. The lowest BCUT2D eigenvalue weighted by Crippen LogP contribution is -2.41. The summed E-state index contributed by atoms with van der Waals surface area (Å²) >= 11 is 3.63. The van der Waals surface area contributed by atoms with E-state index in [0.717, 1.165) is 11.4 Å². The van der Waals surface area contributed by atoms with Crippen LogP contribution < -0.4 is 0 Å². The van der Waals surface area contributed by atoms with Crippen molar-refractivity contribution in [2.75, 3.05) is 18.4 Å². The van der Waals surface area contributed by atoms with Crippen molar-refractivity contribution in [3.63, 3.8) is 0 Å². The Bertz CT molecular complexity index is 162. The van der Waals surface area contributed by atoms with Crippen molar-refractivity contribution in [2.45, 2.75) is 52.5 Å². The molecule has 0 saturated carbocycles. The number of piperidine rings is 1. The number of halogens is 1. The van der Waals surface area contributed by atoms with Gasteiger partial charge in [0.15, 0.2) is 0 Å². The van der Waals surface area contributed by atoms with E-state index in [-0.39, 0.29) is 0 Å². The Morgan fingerprint density at radius 1 is 1.29 bits per heavy atom. The van der Waals surface area contributed by atoms with Crippen molar-refractivity contribution in [3.05, 3.63) is 0 Å². The third-order valence-corrected chi connectivity index (χ3v) is 3.82. The molecule has 0 amide bonds. The standard InChI is InChI=1S/C12H24BrN/c1-12(2,3)7-9-14-8-5-4-6-11(14)10-13/h11H,4-10H2,1-3H3. The van der Waals surface area contributed by atoms with E-state index < -0.39 is 0 Å². The van der Waals surface area contributed by atoms with Crippen LogP contribution in [0.1, 0.15) is 46.5 Å². The van der Waals surface area contributed by atoms with E-state index in [4.69, 9.17) is 0 Å². The number of rotatable bonds is 3. The van der Waals surface area contributed by atoms with Crippen LogP contribution in [0.15, 0.2) is 0 Å². The third kappa shape index (κ3) is 4.31. The summed E-state index contributed by atoms with van der Waals surface area (Å²) < 4.78 is 0. The van der Waals surface area contributed by atoms with E-state index in [1.54, 1.807) is 0 Å². The van der Waals surface area contributed by atoms with E-state index in [2.05, 4.69) is 41.6 Å². The molecule has 0 aliphatic carbocycles. The average molecular weight is 262 g/mol. The molecule has 1 rings (SSSR count). The smallest absolute Gasteiger partial charge is 0.0192 e. The van der Waals surface area contributed by atoms with E-state index in [9.17, 15) is 0 Å². The largest absolute Gasteiger partial charge is 0.300 e. The highest BCUT2D eigenvalue weighted by Crippen LogP contribution is 2.23. The lowest BCUT2D eigenvalue weighted by Gasteiger charge is -2.36. The molecule has 0 spiro atoms. The first-order valence-corrected chi connectivity index (χ1v) is 6.95. The zero-order valence-corrected chi connectivity index (χ0v) is 11.4. The summed E-state index contributed by atoms with van der Waals surface area (Å²) in [6, 6.07) is 0.797. The van der Waals surface area contributed by atoms with Gasteiger partial charge < -0.3 is 0 Å². The van der Waals surface area contributed by atoms with Crippen molar-refractivity contribution in [3.8, 4) is 0 Å². The Morgan fingerprint density at radius 2 is 2.00 bits per heavy atom. The van der Waals surface area contributed by atoms with Gasteiger partial charge in [0.1, 0.15) is 0 Å². The summed E-state index contributed by atoms with van der Waals surface area (Å²) in [6.07, 6.45) is 5.52. The minimum Gasteiger partial charge on any atom is -0.300 e. The minimum absolute atomic E-state index is 0.480. The molecule has 2 heteroatoms. The van der Waals surface area contributed by atoms with Crippen LogP contribution in [0.3, 0.4) is 0 Å². The predicted octanol–water partition coefficient (Wildman–Crippen LogP) is 3.67. The molecular weight excluding hydrogens is 238 g/mol. The molecule has 1 heterocycles. The molecule has 14 heavy (non-hydrogen) atoms. The molecule has 1 aliphatic rings. The zero-order valence-electron chi connectivity index (χ0n) is 9.85. The van der Waals surface area contributed by atoms with E-state index in [0.29, 0.717) is 5.41 Å². The van der Waals surface area contributed by atoms with Crippen LogP contribution in [0.5, 0.6) is 0 Å². The van der Waals surface area contributed by atoms with Crippen molar-refractivity contribution in [1.29, 1.82) is 0 Å². The molecule has 84 valence electrons. The van der Waals surface area contributed by atoms with E-state index in [1.807, 2.05) is 0 Å². The maximum atomic E-state index is 3.63. The highest BCUT2D eigenvalue weighted by Gasteiger charge is 2.22. The number of hydrogen-bond acceptors (Lipinski definition) is 1. The normalized spacial score (nSPS) is 25.3. The molecular formula is C12H24BrN. The van der Waals surface area contributed by atoms with Crippen LogP contribution in [0.4, 0.5) is 0 Å². The number of nitrogens with zero attached hydrogens (tertiary/aromatic N) is 1. The maximum absolute atomic E-state index is 3.63. The van der Waals surface area contributed by atoms with Gasteiger partial charge in [-0.25, -0.2) is 0 Å². The molecule has 1 aliphatic heterocycles. The van der Waals surface area contributed by atoms with Crippen LogP contribution in [0.25, 0.3) is 0 Å². The number of likely N-dealkylation sites (tertiary alicyclic amines) is 1. The summed E-state index contributed by atoms with van der Waals surface area (Å²) in [6.45, 7) is 9.59. The Labute approximate surface area is 97.4 Å². The Balaban J connectivity index is 2.33. The Hall–Kier alpha value is 0.440. The second-order valence-corrected chi connectivity index (χ2v) is 6.30. The fourth-order valence-corrected chi connectivity index (χ4v) is 2.74. The first kappa shape index (κ1) is 12.5. The summed E-state index contributed by atoms with van der Waals surface area (Å²) in [7, 11) is 0. The fourth-order valence-electron chi connectivity index (χ4n) is 2.01. The van der Waals surface area contributed by atoms with Crippen molar-refractivity contribution < 1.29 is 0 Å². The van der Waals surface area contributed by atoms with Gasteiger partial charge >= 0.3 is 0 Å². The van der Waals surface area contributed by atoms with Crippen LogP contribution in [-0.4, -0.2) is 29.4 Å². The second kappa shape index (κ2) is 5.50.